The normalized spacial score (nSPS) is 10.5. The second-order valence-corrected chi connectivity index (χ2v) is 4.98. The van der Waals surface area contributed by atoms with Crippen molar-refractivity contribution in [3.63, 3.8) is 0 Å². The van der Waals surface area contributed by atoms with E-state index >= 15 is 0 Å². The number of nitrogens with one attached hydrogen (secondary N) is 2. The molecule has 0 aliphatic rings. The highest BCUT2D eigenvalue weighted by molar-refractivity contribution is 5.92. The predicted molar refractivity (Wildman–Crippen MR) is 82.6 cm³/mol. The third-order valence-electron chi connectivity index (χ3n) is 2.85. The summed E-state index contributed by atoms with van der Waals surface area (Å²) < 4.78 is 12.8. The van der Waals surface area contributed by atoms with E-state index in [1.807, 2.05) is 19.0 Å². The van der Waals surface area contributed by atoms with Gasteiger partial charge in [-0.2, -0.15) is 0 Å². The highest BCUT2D eigenvalue weighted by Gasteiger charge is 2.07. The number of rotatable bonds is 6. The third kappa shape index (κ3) is 4.78. The van der Waals surface area contributed by atoms with Crippen molar-refractivity contribution in [1.29, 1.82) is 0 Å². The van der Waals surface area contributed by atoms with Gasteiger partial charge >= 0.3 is 0 Å². The lowest BCUT2D eigenvalue weighted by atomic mass is 10.3. The van der Waals surface area contributed by atoms with Crippen LogP contribution < -0.4 is 10.6 Å². The van der Waals surface area contributed by atoms with Crippen molar-refractivity contribution in [2.24, 2.45) is 0 Å². The van der Waals surface area contributed by atoms with Crippen LogP contribution in [0.25, 0.3) is 0 Å². The summed E-state index contributed by atoms with van der Waals surface area (Å²) in [4.78, 5) is 22.0. The molecule has 6 nitrogen and oxygen atoms in total. The summed E-state index contributed by atoms with van der Waals surface area (Å²) in [5.74, 6) is -0.0829. The Morgan fingerprint density at radius 1 is 1.18 bits per heavy atom. The van der Waals surface area contributed by atoms with E-state index < -0.39 is 0 Å². The molecular formula is C15H18FN5O. The van der Waals surface area contributed by atoms with Gasteiger partial charge in [0.25, 0.3) is 5.91 Å². The average molecular weight is 303 g/mol. The van der Waals surface area contributed by atoms with E-state index in [2.05, 4.69) is 20.6 Å². The lowest BCUT2D eigenvalue weighted by Crippen LogP contribution is -2.31. The Balaban J connectivity index is 1.92. The zero-order valence-corrected chi connectivity index (χ0v) is 12.5. The van der Waals surface area contributed by atoms with Gasteiger partial charge in [0.05, 0.1) is 12.4 Å². The molecule has 116 valence electrons. The van der Waals surface area contributed by atoms with Gasteiger partial charge in [0, 0.05) is 18.8 Å². The molecule has 0 unspecified atom stereocenters. The van der Waals surface area contributed by atoms with E-state index in [1.54, 1.807) is 12.1 Å². The van der Waals surface area contributed by atoms with Crippen LogP contribution in [-0.4, -0.2) is 48.0 Å². The highest BCUT2D eigenvalue weighted by Crippen LogP contribution is 2.13. The minimum Gasteiger partial charge on any atom is -0.349 e. The quantitative estimate of drug-likeness (QED) is 0.849. The van der Waals surface area contributed by atoms with E-state index in [0.29, 0.717) is 18.1 Å². The molecule has 1 heterocycles. The van der Waals surface area contributed by atoms with Crippen LogP contribution in [0.5, 0.6) is 0 Å². The molecule has 0 saturated carbocycles. The molecule has 0 saturated heterocycles. The molecule has 2 aromatic rings. The zero-order chi connectivity index (χ0) is 15.9. The fraction of sp³-hybridized carbons (Fsp3) is 0.267. The summed E-state index contributed by atoms with van der Waals surface area (Å²) in [6.45, 7) is 1.30. The SMILES string of the molecule is CN(C)CCNC(=O)c1cnc(Nc2ccc(F)cc2)cn1. The van der Waals surface area contributed by atoms with Crippen LogP contribution in [0.4, 0.5) is 15.9 Å². The highest BCUT2D eigenvalue weighted by atomic mass is 19.1. The van der Waals surface area contributed by atoms with Crippen LogP contribution in [0, 0.1) is 5.82 Å². The number of hydrogen-bond donors (Lipinski definition) is 2. The lowest BCUT2D eigenvalue weighted by Gasteiger charge is -2.10. The van der Waals surface area contributed by atoms with Crippen LogP contribution in [0.3, 0.4) is 0 Å². The minimum absolute atomic E-state index is 0.253. The standard InChI is InChI=1S/C15H18FN5O/c1-21(2)8-7-17-15(22)13-9-19-14(10-18-13)20-12-5-3-11(16)4-6-12/h3-6,9-10H,7-8H2,1-2H3,(H,17,22)(H,19,20). The van der Waals surface area contributed by atoms with E-state index in [9.17, 15) is 9.18 Å². The predicted octanol–water partition coefficient (Wildman–Crippen LogP) is 1.65. The number of nitrogens with zero attached hydrogens (tertiary/aromatic N) is 3. The molecule has 2 rings (SSSR count). The maximum absolute atomic E-state index is 12.8. The van der Waals surface area contributed by atoms with E-state index in [0.717, 1.165) is 6.54 Å². The van der Waals surface area contributed by atoms with Crippen molar-refractivity contribution in [3.8, 4) is 0 Å². The zero-order valence-electron chi connectivity index (χ0n) is 12.5. The molecule has 0 atom stereocenters. The van der Waals surface area contributed by atoms with Crippen molar-refractivity contribution in [1.82, 2.24) is 20.2 Å². The van der Waals surface area contributed by atoms with Gasteiger partial charge in [0.1, 0.15) is 17.3 Å². The third-order valence-corrected chi connectivity index (χ3v) is 2.85. The van der Waals surface area contributed by atoms with Gasteiger partial charge in [-0.1, -0.05) is 0 Å². The fourth-order valence-electron chi connectivity index (χ4n) is 1.67. The van der Waals surface area contributed by atoms with Crippen molar-refractivity contribution in [2.75, 3.05) is 32.5 Å². The summed E-state index contributed by atoms with van der Waals surface area (Å²) in [7, 11) is 3.86. The molecule has 0 radical (unpaired) electrons. The number of amides is 1. The van der Waals surface area contributed by atoms with Crippen LogP contribution in [0.2, 0.25) is 0 Å². The summed E-state index contributed by atoms with van der Waals surface area (Å²) >= 11 is 0. The maximum atomic E-state index is 12.8. The van der Waals surface area contributed by atoms with Gasteiger partial charge < -0.3 is 15.5 Å². The van der Waals surface area contributed by atoms with Gasteiger partial charge in [-0.3, -0.25) is 4.79 Å². The number of carbonyl (C=O) groups is 1. The largest absolute Gasteiger partial charge is 0.349 e. The molecule has 0 spiro atoms. The summed E-state index contributed by atoms with van der Waals surface area (Å²) in [6, 6.07) is 5.89. The second-order valence-electron chi connectivity index (χ2n) is 4.98. The number of halogens is 1. The number of benzene rings is 1. The van der Waals surface area contributed by atoms with Crippen LogP contribution in [0.15, 0.2) is 36.7 Å². The first kappa shape index (κ1) is 15.8. The van der Waals surface area contributed by atoms with Crippen LogP contribution in [0.1, 0.15) is 10.5 Å². The number of carbonyl (C=O) groups excluding carboxylic acids is 1. The molecule has 0 bridgehead atoms. The first-order valence-electron chi connectivity index (χ1n) is 6.82. The molecule has 0 fully saturated rings. The van der Waals surface area contributed by atoms with Gasteiger partial charge in [-0.05, 0) is 38.4 Å². The average Bonchev–Trinajstić information content (AvgIpc) is 2.50. The Hall–Kier alpha value is -2.54. The maximum Gasteiger partial charge on any atom is 0.271 e. The topological polar surface area (TPSA) is 70.2 Å². The molecule has 1 aromatic carbocycles. The summed E-state index contributed by atoms with van der Waals surface area (Å²) in [6.07, 6.45) is 2.86. The molecule has 0 aliphatic carbocycles. The molecule has 2 N–H and O–H groups in total. The fourth-order valence-corrected chi connectivity index (χ4v) is 1.67. The summed E-state index contributed by atoms with van der Waals surface area (Å²) in [5, 5.41) is 5.74. The first-order valence-corrected chi connectivity index (χ1v) is 6.82. The molecule has 7 heteroatoms. The van der Waals surface area contributed by atoms with Gasteiger partial charge in [-0.15, -0.1) is 0 Å². The van der Waals surface area contributed by atoms with E-state index in [1.165, 1.54) is 24.5 Å². The van der Waals surface area contributed by atoms with E-state index in [4.69, 9.17) is 0 Å². The smallest absolute Gasteiger partial charge is 0.271 e. The monoisotopic (exact) mass is 303 g/mol. The lowest BCUT2D eigenvalue weighted by molar-refractivity contribution is 0.0945. The van der Waals surface area contributed by atoms with Crippen LogP contribution >= 0.6 is 0 Å². The molecule has 1 amide bonds. The Morgan fingerprint density at radius 3 is 2.50 bits per heavy atom. The van der Waals surface area contributed by atoms with Crippen LogP contribution in [-0.2, 0) is 0 Å². The van der Waals surface area contributed by atoms with Crippen molar-refractivity contribution >= 4 is 17.4 Å². The Labute approximate surface area is 128 Å². The molecule has 22 heavy (non-hydrogen) atoms. The Morgan fingerprint density at radius 2 is 1.91 bits per heavy atom. The molecule has 1 aromatic heterocycles. The van der Waals surface area contributed by atoms with Gasteiger partial charge in [0.2, 0.25) is 0 Å². The van der Waals surface area contributed by atoms with Gasteiger partial charge in [0.15, 0.2) is 0 Å². The Kier molecular flexibility index (Phi) is 5.37. The number of likely N-dealkylation sites (N-methyl/N-ethyl adjacent to an activating group) is 1. The van der Waals surface area contributed by atoms with Gasteiger partial charge in [-0.25, -0.2) is 14.4 Å². The second kappa shape index (κ2) is 7.46. The minimum atomic E-state index is -0.304. The Bertz CT molecular complexity index is 613. The van der Waals surface area contributed by atoms with Crippen molar-refractivity contribution in [3.05, 3.63) is 48.2 Å². The molecule has 0 aliphatic heterocycles. The first-order chi connectivity index (χ1) is 10.5. The number of hydrogen-bond acceptors (Lipinski definition) is 5. The van der Waals surface area contributed by atoms with E-state index in [-0.39, 0.29) is 17.4 Å². The number of aromatic nitrogens is 2. The summed E-state index contributed by atoms with van der Waals surface area (Å²) in [5.41, 5.74) is 0.947. The van der Waals surface area contributed by atoms with Crippen molar-refractivity contribution < 1.29 is 9.18 Å². The van der Waals surface area contributed by atoms with Crippen molar-refractivity contribution in [2.45, 2.75) is 0 Å². The number of anilines is 2. The molecular weight excluding hydrogens is 285 g/mol.